The lowest BCUT2D eigenvalue weighted by Crippen LogP contribution is -2.23. The average molecular weight is 510 g/mol. The minimum atomic E-state index is -0.134. The Kier molecular flexibility index (Phi) is 6.51. The van der Waals surface area contributed by atoms with Crippen LogP contribution in [0.4, 0.5) is 5.69 Å². The summed E-state index contributed by atoms with van der Waals surface area (Å²) in [6.45, 7) is 3.95. The molecule has 2 aromatic heterocycles. The Hall–Kier alpha value is -2.61. The SMILES string of the molecule is Cc1cccc(C)c1NC(=O)CSc1nc2sc3c(c2c(=O)n1-c1ccc(Cl)cc1)CCCC3. The van der Waals surface area contributed by atoms with Crippen molar-refractivity contribution in [2.75, 3.05) is 11.1 Å². The molecule has 8 heteroatoms. The summed E-state index contributed by atoms with van der Waals surface area (Å²) in [6.07, 6.45) is 4.15. The standard InChI is InChI=1S/C26H24ClN3O2S2/c1-15-6-5-7-16(2)23(15)28-21(31)14-33-26-29-24-22(19-8-3-4-9-20(19)34-24)25(32)30(26)18-12-10-17(27)11-13-18/h5-7,10-13H,3-4,8-9,14H2,1-2H3,(H,28,31). The Balaban J connectivity index is 1.53. The molecule has 0 unspecified atom stereocenters. The maximum absolute atomic E-state index is 13.8. The van der Waals surface area contributed by atoms with Crippen LogP contribution >= 0.6 is 34.7 Å². The second-order valence-electron chi connectivity index (χ2n) is 8.51. The summed E-state index contributed by atoms with van der Waals surface area (Å²) in [5, 5.41) is 4.85. The Labute approximate surface area is 211 Å². The molecule has 1 N–H and O–H groups in total. The fraction of sp³-hybridized carbons (Fsp3) is 0.269. The number of benzene rings is 2. The van der Waals surface area contributed by atoms with Gasteiger partial charge in [-0.05, 0) is 80.5 Å². The van der Waals surface area contributed by atoms with Crippen LogP contribution in [0.25, 0.3) is 15.9 Å². The number of aryl methyl sites for hydroxylation is 4. The third kappa shape index (κ3) is 4.40. The van der Waals surface area contributed by atoms with E-state index in [1.807, 2.05) is 44.2 Å². The molecule has 0 fully saturated rings. The van der Waals surface area contributed by atoms with Gasteiger partial charge in [0.05, 0.1) is 16.8 Å². The van der Waals surface area contributed by atoms with Crippen molar-refractivity contribution in [3.63, 3.8) is 0 Å². The fourth-order valence-corrected chi connectivity index (χ4v) is 6.66. The number of carbonyl (C=O) groups excluding carboxylic acids is 1. The van der Waals surface area contributed by atoms with Crippen LogP contribution in [0.3, 0.4) is 0 Å². The largest absolute Gasteiger partial charge is 0.325 e. The summed E-state index contributed by atoms with van der Waals surface area (Å²) in [7, 11) is 0. The zero-order valence-corrected chi connectivity index (χ0v) is 21.4. The first-order valence-electron chi connectivity index (χ1n) is 11.2. The first-order valence-corrected chi connectivity index (χ1v) is 13.4. The number of halogens is 1. The van der Waals surface area contributed by atoms with Crippen molar-refractivity contribution < 1.29 is 4.79 Å². The third-order valence-electron chi connectivity index (χ3n) is 6.12. The lowest BCUT2D eigenvalue weighted by Gasteiger charge is -2.14. The van der Waals surface area contributed by atoms with Crippen molar-refractivity contribution in [2.45, 2.75) is 44.7 Å². The van der Waals surface area contributed by atoms with Gasteiger partial charge in [-0.1, -0.05) is 41.6 Å². The average Bonchev–Trinajstić information content (AvgIpc) is 3.20. The predicted molar refractivity (Wildman–Crippen MR) is 142 cm³/mol. The molecule has 34 heavy (non-hydrogen) atoms. The van der Waals surface area contributed by atoms with Crippen LogP contribution in [0, 0.1) is 13.8 Å². The number of nitrogens with one attached hydrogen (secondary N) is 1. The van der Waals surface area contributed by atoms with Crippen LogP contribution in [-0.2, 0) is 17.6 Å². The van der Waals surface area contributed by atoms with Gasteiger partial charge < -0.3 is 5.32 Å². The van der Waals surface area contributed by atoms with Gasteiger partial charge in [0.1, 0.15) is 4.83 Å². The molecule has 2 aromatic carbocycles. The van der Waals surface area contributed by atoms with Crippen molar-refractivity contribution >= 4 is 56.5 Å². The van der Waals surface area contributed by atoms with Crippen molar-refractivity contribution in [3.8, 4) is 5.69 Å². The van der Waals surface area contributed by atoms with Gasteiger partial charge in [0.25, 0.3) is 5.56 Å². The Morgan fingerprint density at radius 3 is 2.56 bits per heavy atom. The molecule has 2 heterocycles. The smallest absolute Gasteiger partial charge is 0.267 e. The summed E-state index contributed by atoms with van der Waals surface area (Å²) in [5.74, 6) is 0.00888. The zero-order valence-electron chi connectivity index (χ0n) is 19.0. The van der Waals surface area contributed by atoms with E-state index in [1.54, 1.807) is 28.0 Å². The highest BCUT2D eigenvalue weighted by molar-refractivity contribution is 7.99. The van der Waals surface area contributed by atoms with E-state index in [2.05, 4.69) is 5.32 Å². The highest BCUT2D eigenvalue weighted by Crippen LogP contribution is 2.35. The van der Waals surface area contributed by atoms with Crippen molar-refractivity contribution in [1.82, 2.24) is 9.55 Å². The summed E-state index contributed by atoms with van der Waals surface area (Å²) < 4.78 is 1.62. The molecule has 1 aliphatic carbocycles. The van der Waals surface area contributed by atoms with Crippen LogP contribution in [0.2, 0.25) is 5.02 Å². The first-order chi connectivity index (χ1) is 16.4. The first kappa shape index (κ1) is 23.1. The molecule has 0 radical (unpaired) electrons. The molecule has 5 rings (SSSR count). The van der Waals surface area contributed by atoms with Gasteiger partial charge in [-0.15, -0.1) is 11.3 Å². The Morgan fingerprint density at radius 1 is 1.12 bits per heavy atom. The third-order valence-corrected chi connectivity index (χ3v) is 8.50. The number of amides is 1. The minimum Gasteiger partial charge on any atom is -0.325 e. The molecule has 1 amide bonds. The summed E-state index contributed by atoms with van der Waals surface area (Å²) in [4.78, 5) is 33.5. The topological polar surface area (TPSA) is 64.0 Å². The number of thiophene rings is 1. The minimum absolute atomic E-state index is 0.0793. The maximum atomic E-state index is 13.8. The number of nitrogens with zero attached hydrogens (tertiary/aromatic N) is 2. The number of anilines is 1. The predicted octanol–water partition coefficient (Wildman–Crippen LogP) is 6.33. The molecule has 0 saturated carbocycles. The normalized spacial score (nSPS) is 13.1. The summed E-state index contributed by atoms with van der Waals surface area (Å²) >= 11 is 8.99. The van der Waals surface area contributed by atoms with Crippen LogP contribution < -0.4 is 10.9 Å². The van der Waals surface area contributed by atoms with Gasteiger partial charge in [-0.3, -0.25) is 14.2 Å². The van der Waals surface area contributed by atoms with Gasteiger partial charge in [0, 0.05) is 15.6 Å². The number of para-hydroxylation sites is 1. The molecule has 0 saturated heterocycles. The highest BCUT2D eigenvalue weighted by Gasteiger charge is 2.23. The van der Waals surface area contributed by atoms with Crippen molar-refractivity contribution in [1.29, 1.82) is 0 Å². The van der Waals surface area contributed by atoms with Crippen LogP contribution in [-0.4, -0.2) is 21.2 Å². The highest BCUT2D eigenvalue weighted by atomic mass is 35.5. The molecule has 0 atom stereocenters. The zero-order chi connectivity index (χ0) is 23.8. The summed E-state index contributed by atoms with van der Waals surface area (Å²) in [6, 6.07) is 13.1. The monoisotopic (exact) mass is 509 g/mol. The number of carbonyl (C=O) groups is 1. The van der Waals surface area contributed by atoms with Crippen LogP contribution in [0.5, 0.6) is 0 Å². The van der Waals surface area contributed by atoms with E-state index >= 15 is 0 Å². The van der Waals surface area contributed by atoms with Crippen molar-refractivity contribution in [2.24, 2.45) is 0 Å². The maximum Gasteiger partial charge on any atom is 0.267 e. The molecular formula is C26H24ClN3O2S2. The summed E-state index contributed by atoms with van der Waals surface area (Å²) in [5.41, 5.74) is 4.62. The lowest BCUT2D eigenvalue weighted by molar-refractivity contribution is -0.113. The van der Waals surface area contributed by atoms with E-state index in [1.165, 1.54) is 16.6 Å². The Bertz CT molecular complexity index is 1440. The lowest BCUT2D eigenvalue weighted by atomic mass is 9.97. The molecule has 1 aliphatic rings. The molecule has 0 aliphatic heterocycles. The van der Waals surface area contributed by atoms with E-state index in [-0.39, 0.29) is 17.2 Å². The van der Waals surface area contributed by atoms with E-state index in [9.17, 15) is 9.59 Å². The number of aromatic nitrogens is 2. The van der Waals surface area contributed by atoms with Crippen LogP contribution in [0.1, 0.15) is 34.4 Å². The number of thioether (sulfide) groups is 1. The number of hydrogen-bond acceptors (Lipinski definition) is 5. The molecular weight excluding hydrogens is 486 g/mol. The van der Waals surface area contributed by atoms with Crippen molar-refractivity contribution in [3.05, 3.63) is 79.4 Å². The molecule has 174 valence electrons. The van der Waals surface area contributed by atoms with Gasteiger partial charge in [0.15, 0.2) is 5.16 Å². The molecule has 4 aromatic rings. The van der Waals surface area contributed by atoms with E-state index in [0.29, 0.717) is 15.9 Å². The molecule has 5 nitrogen and oxygen atoms in total. The number of rotatable bonds is 5. The number of hydrogen-bond donors (Lipinski definition) is 1. The quantitative estimate of drug-likeness (QED) is 0.252. The number of fused-ring (bicyclic) bond motifs is 3. The van der Waals surface area contributed by atoms with E-state index in [0.717, 1.165) is 58.3 Å². The van der Waals surface area contributed by atoms with Crippen LogP contribution in [0.15, 0.2) is 52.4 Å². The van der Waals surface area contributed by atoms with E-state index in [4.69, 9.17) is 16.6 Å². The second kappa shape index (κ2) is 9.56. The van der Waals surface area contributed by atoms with Gasteiger partial charge in [0.2, 0.25) is 5.91 Å². The molecule has 0 bridgehead atoms. The Morgan fingerprint density at radius 2 is 1.82 bits per heavy atom. The van der Waals surface area contributed by atoms with Gasteiger partial charge >= 0.3 is 0 Å². The van der Waals surface area contributed by atoms with Gasteiger partial charge in [-0.25, -0.2) is 4.98 Å². The molecule has 0 spiro atoms. The van der Waals surface area contributed by atoms with Gasteiger partial charge in [-0.2, -0.15) is 0 Å². The fourth-order valence-electron chi connectivity index (χ4n) is 4.42. The second-order valence-corrected chi connectivity index (χ2v) is 11.0. The van der Waals surface area contributed by atoms with E-state index < -0.39 is 0 Å².